The number of aromatic nitrogens is 4. The first-order chi connectivity index (χ1) is 15.2. The Hall–Kier alpha value is -2.93. The largest absolute Gasteiger partial charge is 0.424 e. The zero-order chi connectivity index (χ0) is 21.8. The summed E-state index contributed by atoms with van der Waals surface area (Å²) in [5.41, 5.74) is 3.48. The van der Waals surface area contributed by atoms with E-state index in [1.54, 1.807) is 6.92 Å². The second-order valence-corrected chi connectivity index (χ2v) is 7.67. The molecule has 4 aromatic rings. The van der Waals surface area contributed by atoms with Crippen LogP contribution in [0.2, 0.25) is 0 Å². The van der Waals surface area contributed by atoms with Gasteiger partial charge in [-0.2, -0.15) is 0 Å². The smallest absolute Gasteiger partial charge is 0.310 e. The van der Waals surface area contributed by atoms with Gasteiger partial charge in [-0.3, -0.25) is 9.20 Å². The molecule has 0 bridgehead atoms. The maximum atomic E-state index is 12.1. The van der Waals surface area contributed by atoms with Gasteiger partial charge in [-0.1, -0.05) is 39.3 Å². The first-order valence-corrected chi connectivity index (χ1v) is 11.2. The Kier molecular flexibility index (Phi) is 6.51. The van der Waals surface area contributed by atoms with Crippen molar-refractivity contribution in [1.29, 1.82) is 0 Å². The molecule has 0 radical (unpaired) electrons. The van der Waals surface area contributed by atoms with Gasteiger partial charge < -0.3 is 14.0 Å². The van der Waals surface area contributed by atoms with Gasteiger partial charge in [-0.05, 0) is 25.0 Å². The molecule has 0 unspecified atom stereocenters. The van der Waals surface area contributed by atoms with Crippen LogP contribution in [0.3, 0.4) is 0 Å². The number of para-hydroxylation sites is 2. The maximum Gasteiger partial charge on any atom is 0.310 e. The van der Waals surface area contributed by atoms with Gasteiger partial charge in [-0.25, -0.2) is 9.97 Å². The number of carbonyl (C=O) groups excluding carboxylic acids is 1. The van der Waals surface area contributed by atoms with Crippen molar-refractivity contribution in [2.75, 3.05) is 13.2 Å². The van der Waals surface area contributed by atoms with E-state index >= 15 is 0 Å². The number of nitrogens with zero attached hydrogens (tertiary/aromatic N) is 4. The molecule has 0 spiro atoms. The van der Waals surface area contributed by atoms with Gasteiger partial charge in [0.15, 0.2) is 11.4 Å². The van der Waals surface area contributed by atoms with E-state index in [1.807, 2.05) is 30.5 Å². The highest BCUT2D eigenvalue weighted by Gasteiger charge is 2.21. The number of hydrogen-bond acceptors (Lipinski definition) is 5. The van der Waals surface area contributed by atoms with E-state index in [0.29, 0.717) is 18.8 Å². The van der Waals surface area contributed by atoms with E-state index in [9.17, 15) is 4.79 Å². The lowest BCUT2D eigenvalue weighted by molar-refractivity contribution is -0.133. The topological polar surface area (TPSA) is 70.7 Å². The molecule has 0 fully saturated rings. The summed E-state index contributed by atoms with van der Waals surface area (Å²) in [7, 11) is 0. The van der Waals surface area contributed by atoms with Crippen molar-refractivity contribution in [2.24, 2.45) is 0 Å². The minimum Gasteiger partial charge on any atom is -0.424 e. The normalized spacial score (nSPS) is 11.7. The standard InChI is InChI=1S/C24H30N4O3/c1-4-7-14-30-15-10-13-27-16-19(31-21(29)6-3)22-23(27)26-20(5-2)28-18-12-9-8-11-17(18)25-24(22)28/h8-9,11-12,16H,4-7,10,13-15H2,1-3H3. The molecule has 7 nitrogen and oxygen atoms in total. The van der Waals surface area contributed by atoms with Crippen LogP contribution in [-0.4, -0.2) is 38.1 Å². The summed E-state index contributed by atoms with van der Waals surface area (Å²) in [5, 5.41) is 0.780. The van der Waals surface area contributed by atoms with E-state index in [2.05, 4.69) is 22.8 Å². The SMILES string of the molecule is CCCCOCCCn1cc(OC(=O)CC)c2c1nc(CC)n1c3ccccc3nc21. The highest BCUT2D eigenvalue weighted by molar-refractivity contribution is 6.00. The number of aryl methyl sites for hydroxylation is 2. The van der Waals surface area contributed by atoms with Crippen LogP contribution >= 0.6 is 0 Å². The average molecular weight is 423 g/mol. The number of ether oxygens (including phenoxy) is 2. The van der Waals surface area contributed by atoms with Gasteiger partial charge in [0, 0.05) is 38.8 Å². The van der Waals surface area contributed by atoms with Crippen LogP contribution in [0, 0.1) is 0 Å². The highest BCUT2D eigenvalue weighted by Crippen LogP contribution is 2.33. The van der Waals surface area contributed by atoms with E-state index < -0.39 is 0 Å². The predicted octanol–water partition coefficient (Wildman–Crippen LogP) is 4.92. The van der Waals surface area contributed by atoms with Crippen LogP contribution in [0.25, 0.3) is 27.7 Å². The number of unbranched alkanes of at least 4 members (excludes halogenated alkanes) is 1. The summed E-state index contributed by atoms with van der Waals surface area (Å²) in [6.45, 7) is 8.27. The van der Waals surface area contributed by atoms with Crippen molar-refractivity contribution in [3.63, 3.8) is 0 Å². The fourth-order valence-corrected chi connectivity index (χ4v) is 3.84. The molecule has 0 saturated heterocycles. The lowest BCUT2D eigenvalue weighted by atomic mass is 10.3. The fraction of sp³-hybridized carbons (Fsp3) is 0.458. The van der Waals surface area contributed by atoms with Crippen LogP contribution in [0.1, 0.15) is 52.3 Å². The molecule has 0 aliphatic heterocycles. The third-order valence-electron chi connectivity index (χ3n) is 5.45. The minimum atomic E-state index is -0.268. The van der Waals surface area contributed by atoms with Crippen LogP contribution in [0.15, 0.2) is 30.5 Å². The van der Waals surface area contributed by atoms with Crippen LogP contribution in [0.5, 0.6) is 5.75 Å². The molecule has 164 valence electrons. The Morgan fingerprint density at radius 1 is 1.03 bits per heavy atom. The zero-order valence-corrected chi connectivity index (χ0v) is 18.6. The van der Waals surface area contributed by atoms with Gasteiger partial charge in [0.25, 0.3) is 0 Å². The van der Waals surface area contributed by atoms with Crippen molar-refractivity contribution in [2.45, 2.75) is 59.4 Å². The van der Waals surface area contributed by atoms with Crippen molar-refractivity contribution in [1.82, 2.24) is 18.9 Å². The molecular formula is C24H30N4O3. The molecule has 0 aliphatic rings. The Morgan fingerprint density at radius 2 is 1.84 bits per heavy atom. The summed E-state index contributed by atoms with van der Waals surface area (Å²) in [6, 6.07) is 8.02. The number of imidazole rings is 1. The first-order valence-electron chi connectivity index (χ1n) is 11.2. The second kappa shape index (κ2) is 9.47. The first kappa shape index (κ1) is 21.3. The van der Waals surface area contributed by atoms with Crippen LogP contribution in [0.4, 0.5) is 0 Å². The Morgan fingerprint density at radius 3 is 2.61 bits per heavy atom. The van der Waals surface area contributed by atoms with Crippen molar-refractivity contribution < 1.29 is 14.3 Å². The van der Waals surface area contributed by atoms with Gasteiger partial charge in [0.05, 0.1) is 11.0 Å². The van der Waals surface area contributed by atoms with Crippen LogP contribution in [-0.2, 0) is 22.5 Å². The molecular weight excluding hydrogens is 392 g/mol. The molecule has 3 aromatic heterocycles. The summed E-state index contributed by atoms with van der Waals surface area (Å²) in [5.74, 6) is 1.18. The lowest BCUT2D eigenvalue weighted by Gasteiger charge is -2.08. The van der Waals surface area contributed by atoms with Gasteiger partial charge in [0.1, 0.15) is 16.9 Å². The molecule has 4 rings (SSSR count). The summed E-state index contributed by atoms with van der Waals surface area (Å²) < 4.78 is 15.6. The number of esters is 1. The van der Waals surface area contributed by atoms with E-state index in [-0.39, 0.29) is 5.97 Å². The molecule has 1 aromatic carbocycles. The number of hydrogen-bond donors (Lipinski definition) is 0. The maximum absolute atomic E-state index is 12.1. The van der Waals surface area contributed by atoms with E-state index in [1.165, 1.54) is 0 Å². The predicted molar refractivity (Wildman–Crippen MR) is 122 cm³/mol. The lowest BCUT2D eigenvalue weighted by Crippen LogP contribution is -2.06. The average Bonchev–Trinajstić information content (AvgIpc) is 3.33. The quantitative estimate of drug-likeness (QED) is 0.268. The number of fused-ring (bicyclic) bond motifs is 5. The number of benzene rings is 1. The van der Waals surface area contributed by atoms with Gasteiger partial charge in [0.2, 0.25) is 0 Å². The highest BCUT2D eigenvalue weighted by atomic mass is 16.5. The summed E-state index contributed by atoms with van der Waals surface area (Å²) in [6.07, 6.45) is 6.03. The molecule has 0 atom stereocenters. The fourth-order valence-electron chi connectivity index (χ4n) is 3.84. The molecule has 3 heterocycles. The minimum absolute atomic E-state index is 0.268. The van der Waals surface area contributed by atoms with Crippen molar-refractivity contribution in [3.8, 4) is 5.75 Å². The Labute approximate surface area is 182 Å². The number of carbonyl (C=O) groups is 1. The van der Waals surface area contributed by atoms with Crippen molar-refractivity contribution in [3.05, 3.63) is 36.3 Å². The summed E-state index contributed by atoms with van der Waals surface area (Å²) >= 11 is 0. The molecule has 0 amide bonds. The molecule has 31 heavy (non-hydrogen) atoms. The Balaban J connectivity index is 1.81. The zero-order valence-electron chi connectivity index (χ0n) is 18.6. The number of rotatable bonds is 10. The third kappa shape index (κ3) is 4.14. The van der Waals surface area contributed by atoms with Gasteiger partial charge >= 0.3 is 5.97 Å². The van der Waals surface area contributed by atoms with E-state index in [4.69, 9.17) is 19.4 Å². The molecule has 7 heteroatoms. The molecule has 0 saturated carbocycles. The summed E-state index contributed by atoms with van der Waals surface area (Å²) in [4.78, 5) is 22.0. The van der Waals surface area contributed by atoms with E-state index in [0.717, 1.165) is 72.4 Å². The monoisotopic (exact) mass is 422 g/mol. The third-order valence-corrected chi connectivity index (χ3v) is 5.45. The van der Waals surface area contributed by atoms with Gasteiger partial charge in [-0.15, -0.1) is 0 Å². The second-order valence-electron chi connectivity index (χ2n) is 7.67. The van der Waals surface area contributed by atoms with Crippen molar-refractivity contribution >= 4 is 33.7 Å². The molecule has 0 N–H and O–H groups in total. The van der Waals surface area contributed by atoms with Crippen LogP contribution < -0.4 is 4.74 Å². The Bertz CT molecular complexity index is 1210. The molecule has 0 aliphatic carbocycles.